The Morgan fingerprint density at radius 3 is 2.56 bits per heavy atom. The third kappa shape index (κ3) is 4.57. The number of morpholine rings is 1. The van der Waals surface area contributed by atoms with Gasteiger partial charge < -0.3 is 24.4 Å². The van der Waals surface area contributed by atoms with Crippen molar-refractivity contribution < 1.29 is 19.0 Å². The maximum atomic E-state index is 12.0. The van der Waals surface area contributed by atoms with E-state index in [0.29, 0.717) is 36.3 Å². The summed E-state index contributed by atoms with van der Waals surface area (Å²) in [6.07, 6.45) is 3.16. The first-order chi connectivity index (χ1) is 12.3. The van der Waals surface area contributed by atoms with Crippen LogP contribution < -0.4 is 19.7 Å². The highest BCUT2D eigenvalue weighted by molar-refractivity contribution is 5.91. The molecule has 0 unspecified atom stereocenters. The molecule has 0 radical (unpaired) electrons. The van der Waals surface area contributed by atoms with Crippen LogP contribution >= 0.6 is 0 Å². The lowest BCUT2D eigenvalue weighted by Crippen LogP contribution is -2.37. The number of methoxy groups -OCH3 is 1. The minimum atomic E-state index is -0.298. The summed E-state index contributed by atoms with van der Waals surface area (Å²) < 4.78 is 16.0. The Morgan fingerprint density at radius 2 is 1.88 bits per heavy atom. The topological polar surface area (TPSA) is 85.8 Å². The lowest BCUT2D eigenvalue weighted by atomic mass is 10.3. The summed E-state index contributed by atoms with van der Waals surface area (Å²) in [6.45, 7) is 2.73. The smallest absolute Gasteiger partial charge is 0.262 e. The second-order valence-electron chi connectivity index (χ2n) is 5.36. The summed E-state index contributed by atoms with van der Waals surface area (Å²) >= 11 is 0. The van der Waals surface area contributed by atoms with E-state index in [1.54, 1.807) is 31.6 Å². The molecule has 1 aliphatic rings. The van der Waals surface area contributed by atoms with Crippen molar-refractivity contribution in [1.82, 2.24) is 9.97 Å². The number of hydrogen-bond acceptors (Lipinski definition) is 7. The largest absolute Gasteiger partial charge is 0.493 e. The van der Waals surface area contributed by atoms with Crippen molar-refractivity contribution in [3.05, 3.63) is 36.7 Å². The highest BCUT2D eigenvalue weighted by Gasteiger charge is 2.14. The Kier molecular flexibility index (Phi) is 5.63. The van der Waals surface area contributed by atoms with Crippen LogP contribution in [-0.2, 0) is 9.53 Å². The van der Waals surface area contributed by atoms with Gasteiger partial charge in [0.1, 0.15) is 0 Å². The van der Waals surface area contributed by atoms with Gasteiger partial charge in [0.15, 0.2) is 18.1 Å². The molecule has 2 aromatic rings. The van der Waals surface area contributed by atoms with Gasteiger partial charge in [-0.15, -0.1) is 0 Å². The predicted molar refractivity (Wildman–Crippen MR) is 92.2 cm³/mol. The molecule has 8 heteroatoms. The Morgan fingerprint density at radius 1 is 1.20 bits per heavy atom. The predicted octanol–water partition coefficient (Wildman–Crippen LogP) is 1.34. The first kappa shape index (κ1) is 17.0. The van der Waals surface area contributed by atoms with E-state index in [9.17, 15) is 4.79 Å². The molecular weight excluding hydrogens is 324 g/mol. The monoisotopic (exact) mass is 344 g/mol. The maximum absolute atomic E-state index is 12.0. The third-order valence-corrected chi connectivity index (χ3v) is 3.64. The average molecular weight is 344 g/mol. The first-order valence-electron chi connectivity index (χ1n) is 7.96. The van der Waals surface area contributed by atoms with Crippen molar-refractivity contribution in [2.45, 2.75) is 0 Å². The summed E-state index contributed by atoms with van der Waals surface area (Å²) in [6, 6.07) is 7.16. The van der Waals surface area contributed by atoms with E-state index in [4.69, 9.17) is 14.2 Å². The van der Waals surface area contributed by atoms with E-state index in [1.165, 1.54) is 0 Å². The van der Waals surface area contributed by atoms with E-state index >= 15 is 0 Å². The van der Waals surface area contributed by atoms with E-state index < -0.39 is 0 Å². The highest BCUT2D eigenvalue weighted by Crippen LogP contribution is 2.25. The molecule has 1 aromatic heterocycles. The van der Waals surface area contributed by atoms with E-state index in [0.717, 1.165) is 13.1 Å². The second-order valence-corrected chi connectivity index (χ2v) is 5.36. The second kappa shape index (κ2) is 8.29. The zero-order chi connectivity index (χ0) is 17.5. The number of anilines is 2. The number of amides is 1. The highest BCUT2D eigenvalue weighted by atomic mass is 16.5. The van der Waals surface area contributed by atoms with Crippen molar-refractivity contribution in [2.75, 3.05) is 50.2 Å². The molecule has 1 saturated heterocycles. The number of rotatable bonds is 6. The van der Waals surface area contributed by atoms with E-state index in [1.807, 2.05) is 17.0 Å². The first-order valence-corrected chi connectivity index (χ1v) is 7.96. The molecular formula is C17H20N4O4. The van der Waals surface area contributed by atoms with Crippen LogP contribution in [0.5, 0.6) is 11.5 Å². The number of ether oxygens (including phenoxy) is 3. The molecule has 0 saturated carbocycles. The van der Waals surface area contributed by atoms with Crippen molar-refractivity contribution in [3.8, 4) is 11.5 Å². The normalized spacial score (nSPS) is 14.0. The summed E-state index contributed by atoms with van der Waals surface area (Å²) in [4.78, 5) is 22.6. The van der Waals surface area contributed by atoms with Crippen LogP contribution in [0.4, 0.5) is 11.6 Å². The number of aromatic nitrogens is 2. The summed E-state index contributed by atoms with van der Waals surface area (Å²) in [7, 11) is 1.55. The number of hydrogen-bond donors (Lipinski definition) is 1. The van der Waals surface area contributed by atoms with Crippen molar-refractivity contribution >= 4 is 17.5 Å². The van der Waals surface area contributed by atoms with E-state index in [2.05, 4.69) is 15.3 Å². The molecule has 3 rings (SSSR count). The Labute approximate surface area is 145 Å². The van der Waals surface area contributed by atoms with Crippen LogP contribution in [0.1, 0.15) is 0 Å². The number of nitrogens with one attached hydrogen (secondary N) is 1. The maximum Gasteiger partial charge on any atom is 0.262 e. The lowest BCUT2D eigenvalue weighted by Gasteiger charge is -2.26. The number of benzene rings is 1. The molecule has 132 valence electrons. The molecule has 0 bridgehead atoms. The van der Waals surface area contributed by atoms with Crippen LogP contribution in [0.3, 0.4) is 0 Å². The molecule has 25 heavy (non-hydrogen) atoms. The van der Waals surface area contributed by atoms with Gasteiger partial charge in [-0.3, -0.25) is 4.79 Å². The standard InChI is InChI=1S/C17H20N4O4/c1-23-14-4-2-3-5-15(14)25-12-16(22)20-13-10-18-17(19-11-13)21-6-8-24-9-7-21/h2-5,10-11H,6-9,12H2,1H3,(H,20,22). The van der Waals surface area contributed by atoms with Crippen molar-refractivity contribution in [2.24, 2.45) is 0 Å². The molecule has 1 N–H and O–H groups in total. The number of carbonyl (C=O) groups is 1. The molecule has 1 amide bonds. The summed E-state index contributed by atoms with van der Waals surface area (Å²) in [5.41, 5.74) is 0.519. The molecule has 8 nitrogen and oxygen atoms in total. The van der Waals surface area contributed by atoms with Gasteiger partial charge in [0, 0.05) is 13.1 Å². The van der Waals surface area contributed by atoms with Crippen molar-refractivity contribution in [3.63, 3.8) is 0 Å². The zero-order valence-electron chi connectivity index (χ0n) is 14.0. The van der Waals surface area contributed by atoms with Crippen LogP contribution in [-0.4, -0.2) is 55.9 Å². The van der Waals surface area contributed by atoms with Crippen LogP contribution in [0.2, 0.25) is 0 Å². The van der Waals surface area contributed by atoms with Crippen LogP contribution in [0, 0.1) is 0 Å². The molecule has 1 aliphatic heterocycles. The fraction of sp³-hybridized carbons (Fsp3) is 0.353. The van der Waals surface area contributed by atoms with Gasteiger partial charge in [0.25, 0.3) is 5.91 Å². The molecule has 1 aromatic carbocycles. The average Bonchev–Trinajstić information content (AvgIpc) is 2.68. The fourth-order valence-corrected chi connectivity index (χ4v) is 2.39. The zero-order valence-corrected chi connectivity index (χ0v) is 14.0. The molecule has 0 spiro atoms. The SMILES string of the molecule is COc1ccccc1OCC(=O)Nc1cnc(N2CCOCC2)nc1. The number of carbonyl (C=O) groups excluding carboxylic acids is 1. The number of para-hydroxylation sites is 2. The molecule has 2 heterocycles. The summed E-state index contributed by atoms with van der Waals surface area (Å²) in [5, 5.41) is 2.71. The van der Waals surface area contributed by atoms with Gasteiger partial charge in [-0.05, 0) is 12.1 Å². The Bertz CT molecular complexity index is 702. The number of nitrogens with zero attached hydrogens (tertiary/aromatic N) is 3. The van der Waals surface area contributed by atoms with Gasteiger partial charge in [0.05, 0.1) is 38.4 Å². The summed E-state index contributed by atoms with van der Waals surface area (Å²) in [5.74, 6) is 1.42. The molecule has 0 atom stereocenters. The lowest BCUT2D eigenvalue weighted by molar-refractivity contribution is -0.118. The van der Waals surface area contributed by atoms with Gasteiger partial charge in [-0.25, -0.2) is 9.97 Å². The van der Waals surface area contributed by atoms with Gasteiger partial charge in [-0.2, -0.15) is 0 Å². The Balaban J connectivity index is 1.52. The van der Waals surface area contributed by atoms with Gasteiger partial charge in [-0.1, -0.05) is 12.1 Å². The minimum Gasteiger partial charge on any atom is -0.493 e. The Hall–Kier alpha value is -2.87. The minimum absolute atomic E-state index is 0.133. The van der Waals surface area contributed by atoms with Crippen LogP contribution in [0.25, 0.3) is 0 Å². The molecule has 0 aliphatic carbocycles. The quantitative estimate of drug-likeness (QED) is 0.846. The molecule has 1 fully saturated rings. The third-order valence-electron chi connectivity index (χ3n) is 3.64. The fourth-order valence-electron chi connectivity index (χ4n) is 2.39. The van der Waals surface area contributed by atoms with Crippen molar-refractivity contribution in [1.29, 1.82) is 0 Å². The van der Waals surface area contributed by atoms with Gasteiger partial charge in [0.2, 0.25) is 5.95 Å². The van der Waals surface area contributed by atoms with Gasteiger partial charge >= 0.3 is 0 Å². The van der Waals surface area contributed by atoms with E-state index in [-0.39, 0.29) is 12.5 Å². The van der Waals surface area contributed by atoms with Crippen LogP contribution in [0.15, 0.2) is 36.7 Å².